The van der Waals surface area contributed by atoms with Crippen molar-refractivity contribution in [2.75, 3.05) is 6.61 Å². The average Bonchev–Trinajstić information content (AvgIpc) is 2.21. The molecule has 0 amide bonds. The SMILES string of the molecule is CCCOC(=O)c1cc(O)c(O)c(Cl)c1. The first-order valence-corrected chi connectivity index (χ1v) is 4.82. The molecule has 15 heavy (non-hydrogen) atoms. The predicted octanol–water partition coefficient (Wildman–Crippen LogP) is 2.32. The zero-order valence-corrected chi connectivity index (χ0v) is 8.91. The molecule has 0 saturated heterocycles. The molecule has 82 valence electrons. The molecule has 0 saturated carbocycles. The minimum Gasteiger partial charge on any atom is -0.504 e. The van der Waals surface area contributed by atoms with Gasteiger partial charge in [-0.25, -0.2) is 4.79 Å². The molecule has 0 aliphatic heterocycles. The van der Waals surface area contributed by atoms with E-state index in [1.165, 1.54) is 6.07 Å². The maximum atomic E-state index is 11.3. The van der Waals surface area contributed by atoms with Crippen LogP contribution in [0.4, 0.5) is 0 Å². The second-order valence-corrected chi connectivity index (χ2v) is 3.37. The summed E-state index contributed by atoms with van der Waals surface area (Å²) < 4.78 is 4.84. The molecule has 0 heterocycles. The highest BCUT2D eigenvalue weighted by Crippen LogP contribution is 2.34. The van der Waals surface area contributed by atoms with Crippen molar-refractivity contribution in [1.82, 2.24) is 0 Å². The molecule has 1 aromatic rings. The molecular formula is C10H11ClO4. The van der Waals surface area contributed by atoms with Gasteiger partial charge in [0, 0.05) is 0 Å². The largest absolute Gasteiger partial charge is 0.504 e. The van der Waals surface area contributed by atoms with Crippen LogP contribution in [0, 0.1) is 0 Å². The fourth-order valence-corrected chi connectivity index (χ4v) is 1.19. The van der Waals surface area contributed by atoms with Crippen molar-refractivity contribution < 1.29 is 19.7 Å². The Labute approximate surface area is 92.1 Å². The van der Waals surface area contributed by atoms with Gasteiger partial charge in [-0.2, -0.15) is 0 Å². The number of ether oxygens (including phenoxy) is 1. The summed E-state index contributed by atoms with van der Waals surface area (Å²) in [6.07, 6.45) is 0.712. The number of carbonyl (C=O) groups is 1. The first-order chi connectivity index (χ1) is 7.06. The molecular weight excluding hydrogens is 220 g/mol. The van der Waals surface area contributed by atoms with Crippen molar-refractivity contribution in [3.8, 4) is 11.5 Å². The molecule has 0 fully saturated rings. The minimum absolute atomic E-state index is 0.0848. The van der Waals surface area contributed by atoms with E-state index in [4.69, 9.17) is 21.4 Å². The molecule has 1 aromatic carbocycles. The van der Waals surface area contributed by atoms with Crippen LogP contribution in [0.15, 0.2) is 12.1 Å². The number of carbonyl (C=O) groups excluding carboxylic acids is 1. The lowest BCUT2D eigenvalue weighted by Crippen LogP contribution is -2.05. The first kappa shape index (κ1) is 11.7. The van der Waals surface area contributed by atoms with Crippen LogP contribution < -0.4 is 0 Å². The van der Waals surface area contributed by atoms with Gasteiger partial charge >= 0.3 is 5.97 Å². The number of benzene rings is 1. The second kappa shape index (κ2) is 4.89. The molecule has 0 bridgehead atoms. The molecule has 4 nitrogen and oxygen atoms in total. The van der Waals surface area contributed by atoms with Crippen LogP contribution in [0.2, 0.25) is 5.02 Å². The normalized spacial score (nSPS) is 10.0. The van der Waals surface area contributed by atoms with Crippen LogP contribution in [0.5, 0.6) is 11.5 Å². The lowest BCUT2D eigenvalue weighted by atomic mass is 10.2. The second-order valence-electron chi connectivity index (χ2n) is 2.96. The van der Waals surface area contributed by atoms with Gasteiger partial charge in [0.1, 0.15) is 0 Å². The predicted molar refractivity (Wildman–Crippen MR) is 55.4 cm³/mol. The van der Waals surface area contributed by atoms with Crippen molar-refractivity contribution in [2.24, 2.45) is 0 Å². The summed E-state index contributed by atoms with van der Waals surface area (Å²) in [6.45, 7) is 2.17. The summed E-state index contributed by atoms with van der Waals surface area (Å²) in [4.78, 5) is 11.3. The van der Waals surface area contributed by atoms with Crippen LogP contribution >= 0.6 is 11.6 Å². The van der Waals surface area contributed by atoms with Gasteiger partial charge in [0.2, 0.25) is 0 Å². The van der Waals surface area contributed by atoms with E-state index in [-0.39, 0.29) is 10.6 Å². The summed E-state index contributed by atoms with van der Waals surface area (Å²) in [5, 5.41) is 18.3. The van der Waals surface area contributed by atoms with Crippen molar-refractivity contribution in [3.05, 3.63) is 22.7 Å². The number of aromatic hydroxyl groups is 2. The van der Waals surface area contributed by atoms with Crippen LogP contribution in [0.3, 0.4) is 0 Å². The summed E-state index contributed by atoms with van der Waals surface area (Å²) >= 11 is 5.58. The third kappa shape index (κ3) is 2.76. The summed E-state index contributed by atoms with van der Waals surface area (Å²) in [6, 6.07) is 2.35. The molecule has 0 atom stereocenters. The Balaban J connectivity index is 2.91. The Bertz CT molecular complexity index is 353. The van der Waals surface area contributed by atoms with Crippen molar-refractivity contribution in [2.45, 2.75) is 13.3 Å². The van der Waals surface area contributed by atoms with Crippen molar-refractivity contribution in [1.29, 1.82) is 0 Å². The summed E-state index contributed by atoms with van der Waals surface area (Å²) in [7, 11) is 0. The molecule has 0 aliphatic carbocycles. The highest BCUT2D eigenvalue weighted by atomic mass is 35.5. The van der Waals surface area contributed by atoms with Gasteiger partial charge in [-0.05, 0) is 18.6 Å². The highest BCUT2D eigenvalue weighted by molar-refractivity contribution is 6.32. The van der Waals surface area contributed by atoms with Crippen molar-refractivity contribution >= 4 is 17.6 Å². The maximum Gasteiger partial charge on any atom is 0.338 e. The number of rotatable bonds is 3. The van der Waals surface area contributed by atoms with Gasteiger partial charge in [0.15, 0.2) is 11.5 Å². The van der Waals surface area contributed by atoms with Crippen LogP contribution in [0.1, 0.15) is 23.7 Å². The number of phenolic OH excluding ortho intramolecular Hbond substituents is 2. The van der Waals surface area contributed by atoms with Crippen LogP contribution in [0.25, 0.3) is 0 Å². The lowest BCUT2D eigenvalue weighted by molar-refractivity contribution is 0.0504. The van der Waals surface area contributed by atoms with E-state index in [0.717, 1.165) is 6.07 Å². The summed E-state index contributed by atoms with van der Waals surface area (Å²) in [5.74, 6) is -1.45. The van der Waals surface area contributed by atoms with Crippen molar-refractivity contribution in [3.63, 3.8) is 0 Å². The number of hydrogen-bond donors (Lipinski definition) is 2. The Morgan fingerprint density at radius 2 is 2.13 bits per heavy atom. The van der Waals surface area contributed by atoms with E-state index in [0.29, 0.717) is 13.0 Å². The zero-order chi connectivity index (χ0) is 11.4. The highest BCUT2D eigenvalue weighted by Gasteiger charge is 2.13. The quantitative estimate of drug-likeness (QED) is 0.618. The maximum absolute atomic E-state index is 11.3. The van der Waals surface area contributed by atoms with Gasteiger partial charge < -0.3 is 14.9 Å². The summed E-state index contributed by atoms with van der Waals surface area (Å²) in [5.41, 5.74) is 0.115. The Morgan fingerprint density at radius 1 is 1.47 bits per heavy atom. The van der Waals surface area contributed by atoms with Crippen LogP contribution in [-0.4, -0.2) is 22.8 Å². The number of phenols is 2. The van der Waals surface area contributed by atoms with Gasteiger partial charge in [0.05, 0.1) is 17.2 Å². The van der Waals surface area contributed by atoms with Gasteiger partial charge in [0.25, 0.3) is 0 Å². The topological polar surface area (TPSA) is 66.8 Å². The van der Waals surface area contributed by atoms with E-state index in [9.17, 15) is 9.90 Å². The van der Waals surface area contributed by atoms with E-state index in [1.807, 2.05) is 6.92 Å². The Kier molecular flexibility index (Phi) is 3.80. The number of hydrogen-bond acceptors (Lipinski definition) is 4. The van der Waals surface area contributed by atoms with Gasteiger partial charge in [-0.3, -0.25) is 0 Å². The molecule has 0 spiro atoms. The number of esters is 1. The Morgan fingerprint density at radius 3 is 2.67 bits per heavy atom. The lowest BCUT2D eigenvalue weighted by Gasteiger charge is -2.05. The fourth-order valence-electron chi connectivity index (χ4n) is 0.980. The number of halogens is 1. The van der Waals surface area contributed by atoms with E-state index >= 15 is 0 Å². The first-order valence-electron chi connectivity index (χ1n) is 4.44. The standard InChI is InChI=1S/C10H11ClO4/c1-2-3-15-10(14)6-4-7(11)9(13)8(12)5-6/h4-5,12-13H,2-3H2,1H3. The van der Waals surface area contributed by atoms with E-state index < -0.39 is 17.5 Å². The molecule has 0 radical (unpaired) electrons. The fraction of sp³-hybridized carbons (Fsp3) is 0.300. The van der Waals surface area contributed by atoms with E-state index in [1.54, 1.807) is 0 Å². The minimum atomic E-state index is -0.575. The van der Waals surface area contributed by atoms with Gasteiger partial charge in [-0.1, -0.05) is 18.5 Å². The molecule has 1 rings (SSSR count). The third-order valence-corrected chi connectivity index (χ3v) is 2.00. The molecule has 2 N–H and O–H groups in total. The van der Waals surface area contributed by atoms with E-state index in [2.05, 4.69) is 0 Å². The molecule has 0 aliphatic rings. The van der Waals surface area contributed by atoms with Crippen LogP contribution in [-0.2, 0) is 4.74 Å². The molecule has 5 heteroatoms. The Hall–Kier alpha value is -1.42. The smallest absolute Gasteiger partial charge is 0.338 e. The average molecular weight is 231 g/mol. The third-order valence-electron chi connectivity index (χ3n) is 1.72. The zero-order valence-electron chi connectivity index (χ0n) is 8.16. The van der Waals surface area contributed by atoms with Gasteiger partial charge in [-0.15, -0.1) is 0 Å². The monoisotopic (exact) mass is 230 g/mol. The molecule has 0 aromatic heterocycles. The molecule has 0 unspecified atom stereocenters.